The Kier molecular flexibility index (Phi) is 6.69. The van der Waals surface area contributed by atoms with Gasteiger partial charge in [0, 0.05) is 39.1 Å². The molecule has 8 nitrogen and oxygen atoms in total. The molecule has 2 bridgehead atoms. The van der Waals surface area contributed by atoms with Crippen molar-refractivity contribution in [2.24, 2.45) is 5.92 Å². The van der Waals surface area contributed by atoms with E-state index in [2.05, 4.69) is 11.0 Å². The van der Waals surface area contributed by atoms with Crippen LogP contribution in [0.3, 0.4) is 0 Å². The number of esters is 2. The van der Waals surface area contributed by atoms with Gasteiger partial charge in [0.2, 0.25) is 5.91 Å². The Hall–Kier alpha value is -3.65. The third-order valence-electron chi connectivity index (χ3n) is 10.6. The Morgan fingerprint density at radius 3 is 2.63 bits per heavy atom. The van der Waals surface area contributed by atoms with Crippen molar-refractivity contribution in [2.45, 2.75) is 88.5 Å². The third kappa shape index (κ3) is 4.40. The topological polar surface area (TPSA) is 85.4 Å². The van der Waals surface area contributed by atoms with E-state index < -0.39 is 23.1 Å². The molecule has 226 valence electrons. The van der Waals surface area contributed by atoms with Crippen LogP contribution in [-0.2, 0) is 31.0 Å². The van der Waals surface area contributed by atoms with Gasteiger partial charge in [0.15, 0.2) is 11.5 Å². The van der Waals surface area contributed by atoms with Crippen LogP contribution in [-0.4, -0.2) is 71.6 Å². The van der Waals surface area contributed by atoms with E-state index in [0.717, 1.165) is 48.2 Å². The minimum atomic E-state index is -0.804. The lowest BCUT2D eigenvalue weighted by Gasteiger charge is -2.65. The van der Waals surface area contributed by atoms with Crippen LogP contribution < -0.4 is 9.47 Å². The van der Waals surface area contributed by atoms with Gasteiger partial charge in [-0.3, -0.25) is 19.3 Å². The summed E-state index contributed by atoms with van der Waals surface area (Å²) in [6, 6.07) is 11.7. The first-order chi connectivity index (χ1) is 20.6. The van der Waals surface area contributed by atoms with E-state index in [1.165, 1.54) is 26.7 Å². The van der Waals surface area contributed by atoms with Crippen LogP contribution in [0.2, 0.25) is 0 Å². The zero-order valence-electron chi connectivity index (χ0n) is 25.4. The summed E-state index contributed by atoms with van der Waals surface area (Å²) in [5.74, 6) is 0.818. The lowest BCUT2D eigenvalue weighted by atomic mass is 9.48. The van der Waals surface area contributed by atoms with Gasteiger partial charge in [0.25, 0.3) is 0 Å². The molecule has 8 heteroatoms. The number of rotatable bonds is 7. The van der Waals surface area contributed by atoms with Crippen LogP contribution in [0.4, 0.5) is 0 Å². The summed E-state index contributed by atoms with van der Waals surface area (Å²) in [7, 11) is 1.84. The molecule has 3 aliphatic carbocycles. The van der Waals surface area contributed by atoms with E-state index in [1.807, 2.05) is 50.4 Å². The number of ether oxygens (including phenoxy) is 3. The largest absolute Gasteiger partial charge is 0.483 e. The zero-order chi connectivity index (χ0) is 30.1. The van der Waals surface area contributed by atoms with E-state index in [4.69, 9.17) is 14.2 Å². The lowest BCUT2D eigenvalue weighted by Crippen LogP contribution is -2.79. The molecule has 7 rings (SSSR count). The second-order valence-corrected chi connectivity index (χ2v) is 13.2. The number of hydrogen-bond acceptors (Lipinski definition) is 7. The first-order valence-corrected chi connectivity index (χ1v) is 15.6. The maximum absolute atomic E-state index is 13.7. The molecule has 2 aromatic carbocycles. The maximum atomic E-state index is 13.7. The molecule has 2 aromatic rings. The zero-order valence-corrected chi connectivity index (χ0v) is 25.4. The number of amides is 1. The molecular weight excluding hydrogens is 544 g/mol. The second kappa shape index (κ2) is 10.2. The normalized spacial score (nSPS) is 30.4. The Morgan fingerprint density at radius 1 is 1.09 bits per heavy atom. The number of aryl methyl sites for hydroxylation is 1. The number of hydrogen-bond donors (Lipinski definition) is 0. The number of nitrogens with zero attached hydrogens (tertiary/aromatic N) is 2. The highest BCUT2D eigenvalue weighted by molar-refractivity contribution is 5.92. The van der Waals surface area contributed by atoms with Crippen molar-refractivity contribution in [3.05, 3.63) is 64.7 Å². The van der Waals surface area contributed by atoms with Crippen molar-refractivity contribution < 1.29 is 28.6 Å². The summed E-state index contributed by atoms with van der Waals surface area (Å²) in [6.45, 7) is 6.79. The van der Waals surface area contributed by atoms with Crippen molar-refractivity contribution in [3.63, 3.8) is 0 Å². The fraction of sp³-hybridized carbons (Fsp3) is 0.514. The number of likely N-dealkylation sites (N-methyl/N-ethyl adjacent to an activating group) is 1. The van der Waals surface area contributed by atoms with Gasteiger partial charge in [-0.1, -0.05) is 35.9 Å². The molecule has 1 saturated heterocycles. The molecule has 1 amide bonds. The molecule has 1 spiro atoms. The molecule has 0 unspecified atom stereocenters. The summed E-state index contributed by atoms with van der Waals surface area (Å²) in [4.78, 5) is 43.1. The van der Waals surface area contributed by atoms with Crippen molar-refractivity contribution in [1.82, 2.24) is 9.80 Å². The molecule has 0 radical (unpaired) electrons. The molecule has 0 aromatic heterocycles. The van der Waals surface area contributed by atoms with E-state index in [9.17, 15) is 14.4 Å². The highest BCUT2D eigenvalue weighted by Crippen LogP contribution is 2.67. The third-order valence-corrected chi connectivity index (χ3v) is 10.6. The Morgan fingerprint density at radius 2 is 1.91 bits per heavy atom. The molecule has 3 fully saturated rings. The Balaban J connectivity index is 1.32. The van der Waals surface area contributed by atoms with Crippen LogP contribution in [0.15, 0.2) is 42.5 Å². The number of piperidine rings is 1. The molecule has 43 heavy (non-hydrogen) atoms. The second-order valence-electron chi connectivity index (χ2n) is 13.2. The quantitative estimate of drug-likeness (QED) is 0.267. The summed E-state index contributed by atoms with van der Waals surface area (Å²) < 4.78 is 19.2. The number of benzene rings is 2. The van der Waals surface area contributed by atoms with Crippen molar-refractivity contribution in [3.8, 4) is 11.5 Å². The molecule has 5 atom stereocenters. The van der Waals surface area contributed by atoms with Gasteiger partial charge in [-0.25, -0.2) is 0 Å². The minimum absolute atomic E-state index is 0.0121. The molecular formula is C35H40N2O6. The average molecular weight is 585 g/mol. The lowest BCUT2D eigenvalue weighted by molar-refractivity contribution is -0.223. The minimum Gasteiger partial charge on any atom is -0.483 e. The van der Waals surface area contributed by atoms with Crippen LogP contribution in [0, 0.1) is 12.8 Å². The van der Waals surface area contributed by atoms with Crippen LogP contribution in [0.1, 0.15) is 68.2 Å². The first-order valence-electron chi connectivity index (χ1n) is 15.6. The predicted octanol–water partition coefficient (Wildman–Crippen LogP) is 4.60. The first kappa shape index (κ1) is 28.1. The van der Waals surface area contributed by atoms with Gasteiger partial charge in [-0.05, 0) is 81.2 Å². The molecule has 5 aliphatic rings. The van der Waals surface area contributed by atoms with Crippen LogP contribution in [0.5, 0.6) is 11.5 Å². The van der Waals surface area contributed by atoms with E-state index >= 15 is 0 Å². The van der Waals surface area contributed by atoms with E-state index in [-0.39, 0.29) is 24.0 Å². The number of likely N-dealkylation sites (tertiary alicyclic amines) is 1. The number of carbonyl (C=O) groups excluding carboxylic acids is 3. The summed E-state index contributed by atoms with van der Waals surface area (Å²) >= 11 is 0. The van der Waals surface area contributed by atoms with Gasteiger partial charge < -0.3 is 19.1 Å². The smallest absolute Gasteiger partial charge is 0.308 e. The number of carbonyl (C=O) groups is 3. The molecule has 2 heterocycles. The average Bonchev–Trinajstić information content (AvgIpc) is 3.70. The van der Waals surface area contributed by atoms with Gasteiger partial charge >= 0.3 is 11.9 Å². The summed E-state index contributed by atoms with van der Waals surface area (Å²) in [6.07, 6.45) is 8.23. The predicted molar refractivity (Wildman–Crippen MR) is 161 cm³/mol. The van der Waals surface area contributed by atoms with Crippen molar-refractivity contribution >= 4 is 23.9 Å². The monoisotopic (exact) mass is 584 g/mol. The fourth-order valence-corrected chi connectivity index (χ4v) is 8.73. The van der Waals surface area contributed by atoms with Gasteiger partial charge in [-0.15, -0.1) is 0 Å². The van der Waals surface area contributed by atoms with Crippen LogP contribution >= 0.6 is 0 Å². The van der Waals surface area contributed by atoms with Gasteiger partial charge in [0.1, 0.15) is 11.7 Å². The SMILES string of the molecule is CC(=O)Oc1ccc2c3c1O[C@H]1[C@H](N(C)C(=O)C=Cc4cccc(C)c4)CC[C@@]4(OC(C)=O)[C@@H](C2)N(CC2CC2)CC[C@]314. The highest BCUT2D eigenvalue weighted by atomic mass is 16.6. The molecule has 2 aliphatic heterocycles. The van der Waals surface area contributed by atoms with Crippen molar-refractivity contribution in [2.75, 3.05) is 20.1 Å². The summed E-state index contributed by atoms with van der Waals surface area (Å²) in [5.41, 5.74) is 2.78. The molecule has 2 saturated carbocycles. The fourth-order valence-electron chi connectivity index (χ4n) is 8.73. The Bertz CT molecular complexity index is 1530. The maximum Gasteiger partial charge on any atom is 0.308 e. The van der Waals surface area contributed by atoms with Crippen LogP contribution in [0.25, 0.3) is 6.08 Å². The Labute approximate surface area is 253 Å². The highest BCUT2D eigenvalue weighted by Gasteiger charge is 2.75. The van der Waals surface area contributed by atoms with Crippen molar-refractivity contribution in [1.29, 1.82) is 0 Å². The van der Waals surface area contributed by atoms with Gasteiger partial charge in [0.05, 0.1) is 17.5 Å². The standard InChI is InChI=1S/C35H40N2O6/c1-21-6-5-7-24(18-21)10-13-30(40)36(4)27-14-15-35(43-23(3)39)29-19-26-11-12-28(41-22(2)38)32-31(26)34(35,33(27)42-32)16-17-37(29)20-25-8-9-25/h5-7,10-13,18,25,27,29,33H,8-9,14-17,19-20H2,1-4H3/t27-,29-,33+,34+,35-/m1/s1. The van der Waals surface area contributed by atoms with E-state index in [0.29, 0.717) is 30.3 Å². The molecule has 0 N–H and O–H groups in total. The van der Waals surface area contributed by atoms with Gasteiger partial charge in [-0.2, -0.15) is 0 Å². The van der Waals surface area contributed by atoms with E-state index in [1.54, 1.807) is 11.0 Å². The summed E-state index contributed by atoms with van der Waals surface area (Å²) in [5, 5.41) is 0.